The SMILES string of the molecule is CCCC(NC(=O)c1cc(Cl)nc(Cl)c1)c1cccs1. The fourth-order valence-electron chi connectivity index (χ4n) is 1.90. The first-order valence-electron chi connectivity index (χ1n) is 6.27. The Bertz CT molecular complexity index is 567. The lowest BCUT2D eigenvalue weighted by Crippen LogP contribution is -2.28. The van der Waals surface area contributed by atoms with Crippen LogP contribution in [-0.2, 0) is 0 Å². The van der Waals surface area contributed by atoms with Crippen molar-refractivity contribution in [3.8, 4) is 0 Å². The smallest absolute Gasteiger partial charge is 0.252 e. The van der Waals surface area contributed by atoms with E-state index < -0.39 is 0 Å². The van der Waals surface area contributed by atoms with Crippen LogP contribution in [0.4, 0.5) is 0 Å². The number of aromatic nitrogens is 1. The second kappa shape index (κ2) is 7.07. The quantitative estimate of drug-likeness (QED) is 0.807. The van der Waals surface area contributed by atoms with Gasteiger partial charge in [-0.1, -0.05) is 42.6 Å². The maximum absolute atomic E-state index is 12.3. The van der Waals surface area contributed by atoms with Crippen LogP contribution in [0.15, 0.2) is 29.6 Å². The molecule has 0 saturated carbocycles. The number of hydrogen-bond acceptors (Lipinski definition) is 3. The molecule has 1 N–H and O–H groups in total. The van der Waals surface area contributed by atoms with E-state index in [-0.39, 0.29) is 22.3 Å². The highest BCUT2D eigenvalue weighted by molar-refractivity contribution is 7.10. The van der Waals surface area contributed by atoms with Crippen molar-refractivity contribution in [3.05, 3.63) is 50.4 Å². The van der Waals surface area contributed by atoms with Gasteiger partial charge in [-0.05, 0) is 30.0 Å². The van der Waals surface area contributed by atoms with Gasteiger partial charge in [0.05, 0.1) is 6.04 Å². The van der Waals surface area contributed by atoms with Gasteiger partial charge in [-0.2, -0.15) is 0 Å². The first kappa shape index (κ1) is 15.3. The molecule has 1 unspecified atom stereocenters. The maximum Gasteiger partial charge on any atom is 0.252 e. The minimum Gasteiger partial charge on any atom is -0.344 e. The molecular formula is C14H14Cl2N2OS. The van der Waals surface area contributed by atoms with Crippen molar-refractivity contribution in [2.45, 2.75) is 25.8 Å². The number of nitrogens with zero attached hydrogens (tertiary/aromatic N) is 1. The van der Waals surface area contributed by atoms with Gasteiger partial charge in [0.1, 0.15) is 10.3 Å². The van der Waals surface area contributed by atoms with Crippen molar-refractivity contribution in [1.29, 1.82) is 0 Å². The highest BCUT2D eigenvalue weighted by atomic mass is 35.5. The summed E-state index contributed by atoms with van der Waals surface area (Å²) in [7, 11) is 0. The molecule has 0 radical (unpaired) electrons. The summed E-state index contributed by atoms with van der Waals surface area (Å²) in [4.78, 5) is 17.3. The fourth-order valence-corrected chi connectivity index (χ4v) is 3.17. The molecule has 0 aromatic carbocycles. The Kier molecular flexibility index (Phi) is 5.40. The Hall–Kier alpha value is -1.10. The standard InChI is InChI=1S/C14H14Cl2N2OS/c1-2-4-10(11-5-3-6-20-11)17-14(19)9-7-12(15)18-13(16)8-9/h3,5-8,10H,2,4H2,1H3,(H,17,19). The van der Waals surface area contributed by atoms with Crippen molar-refractivity contribution < 1.29 is 4.79 Å². The molecule has 0 aliphatic rings. The van der Waals surface area contributed by atoms with Crippen molar-refractivity contribution in [2.24, 2.45) is 0 Å². The van der Waals surface area contributed by atoms with E-state index >= 15 is 0 Å². The van der Waals surface area contributed by atoms with E-state index in [0.29, 0.717) is 5.56 Å². The lowest BCUT2D eigenvalue weighted by molar-refractivity contribution is 0.0935. The van der Waals surface area contributed by atoms with E-state index in [0.717, 1.165) is 17.7 Å². The third-order valence-electron chi connectivity index (χ3n) is 2.79. The van der Waals surface area contributed by atoms with Gasteiger partial charge >= 0.3 is 0 Å². The minimum atomic E-state index is -0.192. The number of halogens is 2. The number of carbonyl (C=O) groups excluding carboxylic acids is 1. The number of amides is 1. The molecular weight excluding hydrogens is 315 g/mol. The van der Waals surface area contributed by atoms with Crippen molar-refractivity contribution in [3.63, 3.8) is 0 Å². The Balaban J connectivity index is 2.16. The van der Waals surface area contributed by atoms with E-state index in [1.807, 2.05) is 17.5 Å². The van der Waals surface area contributed by atoms with Gasteiger partial charge in [-0.15, -0.1) is 11.3 Å². The second-order valence-corrected chi connectivity index (χ2v) is 6.09. The van der Waals surface area contributed by atoms with Crippen LogP contribution in [0.25, 0.3) is 0 Å². The van der Waals surface area contributed by atoms with Crippen LogP contribution >= 0.6 is 34.5 Å². The largest absolute Gasteiger partial charge is 0.344 e. The Morgan fingerprint density at radius 3 is 2.65 bits per heavy atom. The molecule has 0 bridgehead atoms. The first-order chi connectivity index (χ1) is 9.60. The molecule has 0 fully saturated rings. The molecule has 0 aliphatic heterocycles. The average molecular weight is 329 g/mol. The lowest BCUT2D eigenvalue weighted by atomic mass is 10.1. The van der Waals surface area contributed by atoms with Crippen LogP contribution in [0.1, 0.15) is 41.0 Å². The molecule has 2 aromatic rings. The number of thiophene rings is 1. The third-order valence-corrected chi connectivity index (χ3v) is 4.17. The van der Waals surface area contributed by atoms with Gasteiger partial charge < -0.3 is 5.32 Å². The van der Waals surface area contributed by atoms with E-state index in [1.165, 1.54) is 12.1 Å². The van der Waals surface area contributed by atoms with Crippen LogP contribution in [-0.4, -0.2) is 10.9 Å². The highest BCUT2D eigenvalue weighted by Gasteiger charge is 2.16. The van der Waals surface area contributed by atoms with E-state index in [9.17, 15) is 4.79 Å². The number of pyridine rings is 1. The first-order valence-corrected chi connectivity index (χ1v) is 7.91. The molecule has 0 saturated heterocycles. The Morgan fingerprint density at radius 1 is 1.40 bits per heavy atom. The van der Waals surface area contributed by atoms with Gasteiger partial charge in [-0.3, -0.25) is 4.79 Å². The Morgan fingerprint density at radius 2 is 2.10 bits per heavy atom. The molecule has 106 valence electrons. The molecule has 2 heterocycles. The molecule has 0 spiro atoms. The average Bonchev–Trinajstić information content (AvgIpc) is 2.90. The third kappa shape index (κ3) is 3.95. The van der Waals surface area contributed by atoms with Gasteiger partial charge in [0.25, 0.3) is 5.91 Å². The van der Waals surface area contributed by atoms with Gasteiger partial charge in [-0.25, -0.2) is 4.98 Å². The second-order valence-electron chi connectivity index (χ2n) is 4.33. The predicted molar refractivity (Wildman–Crippen MR) is 83.7 cm³/mol. The van der Waals surface area contributed by atoms with Crippen LogP contribution < -0.4 is 5.32 Å². The zero-order valence-electron chi connectivity index (χ0n) is 10.9. The molecule has 20 heavy (non-hydrogen) atoms. The topological polar surface area (TPSA) is 42.0 Å². The monoisotopic (exact) mass is 328 g/mol. The summed E-state index contributed by atoms with van der Waals surface area (Å²) in [5, 5.41) is 5.45. The number of rotatable bonds is 5. The zero-order valence-corrected chi connectivity index (χ0v) is 13.2. The highest BCUT2D eigenvalue weighted by Crippen LogP contribution is 2.24. The van der Waals surface area contributed by atoms with Crippen LogP contribution in [0.5, 0.6) is 0 Å². The van der Waals surface area contributed by atoms with Crippen LogP contribution in [0.3, 0.4) is 0 Å². The molecule has 6 heteroatoms. The van der Waals surface area contributed by atoms with Crippen LogP contribution in [0.2, 0.25) is 10.3 Å². The zero-order chi connectivity index (χ0) is 14.5. The predicted octanol–water partition coefficient (Wildman–Crippen LogP) is 4.72. The molecule has 1 amide bonds. The number of nitrogens with one attached hydrogen (secondary N) is 1. The van der Waals surface area contributed by atoms with E-state index in [2.05, 4.69) is 17.2 Å². The summed E-state index contributed by atoms with van der Waals surface area (Å²) in [5.74, 6) is -0.192. The molecule has 2 aromatic heterocycles. The molecule has 1 atom stereocenters. The summed E-state index contributed by atoms with van der Waals surface area (Å²) < 4.78 is 0. The number of carbonyl (C=O) groups is 1. The normalized spacial score (nSPS) is 12.2. The summed E-state index contributed by atoms with van der Waals surface area (Å²) >= 11 is 13.3. The van der Waals surface area contributed by atoms with Gasteiger partial charge in [0.2, 0.25) is 0 Å². The van der Waals surface area contributed by atoms with Gasteiger partial charge in [0, 0.05) is 10.4 Å². The van der Waals surface area contributed by atoms with Crippen LogP contribution in [0, 0.1) is 0 Å². The lowest BCUT2D eigenvalue weighted by Gasteiger charge is -2.17. The number of hydrogen-bond donors (Lipinski definition) is 1. The van der Waals surface area contributed by atoms with Crippen molar-refractivity contribution in [2.75, 3.05) is 0 Å². The molecule has 0 aliphatic carbocycles. The summed E-state index contributed by atoms with van der Waals surface area (Å²) in [6.45, 7) is 2.09. The summed E-state index contributed by atoms with van der Waals surface area (Å²) in [5.41, 5.74) is 0.424. The Labute approximate surface area is 131 Å². The van der Waals surface area contributed by atoms with E-state index in [4.69, 9.17) is 23.2 Å². The van der Waals surface area contributed by atoms with E-state index in [1.54, 1.807) is 11.3 Å². The van der Waals surface area contributed by atoms with Crippen molar-refractivity contribution >= 4 is 40.4 Å². The summed E-state index contributed by atoms with van der Waals surface area (Å²) in [6.07, 6.45) is 1.87. The molecule has 2 rings (SSSR count). The fraction of sp³-hybridized carbons (Fsp3) is 0.286. The minimum absolute atomic E-state index is 0.0122. The van der Waals surface area contributed by atoms with Gasteiger partial charge in [0.15, 0.2) is 0 Å². The maximum atomic E-state index is 12.3. The van der Waals surface area contributed by atoms with Crippen molar-refractivity contribution in [1.82, 2.24) is 10.3 Å². The molecule has 3 nitrogen and oxygen atoms in total. The summed E-state index contributed by atoms with van der Waals surface area (Å²) in [6, 6.07) is 7.05.